The Morgan fingerprint density at radius 1 is 1.22 bits per heavy atom. The van der Waals surface area contributed by atoms with Crippen molar-refractivity contribution in [1.82, 2.24) is 14.9 Å². The zero-order valence-electron chi connectivity index (χ0n) is 18.5. The molecule has 1 aliphatic carbocycles. The molecule has 1 aromatic carbocycles. The highest BCUT2D eigenvalue weighted by molar-refractivity contribution is 6.05. The third kappa shape index (κ3) is 4.06. The first kappa shape index (κ1) is 22.2. The molecule has 172 valence electrons. The number of carbonyl (C=O) groups is 1. The zero-order chi connectivity index (χ0) is 23.0. The van der Waals surface area contributed by atoms with Crippen molar-refractivity contribution >= 4 is 23.5 Å². The standard InChI is InChI=1S/C22H28F2N6O2/c1-4-29-20-13(12-30(22(29)32)17-10-9-16(23)19(31)18(17)24)11-25-21(27-20)26-14-5-7-15(8-6-14)28(2)3/h9-11,14-15,31H,4-8,12H2,1-3H3,(H,25,26,27). The number of hydrogen-bond donors (Lipinski definition) is 2. The molecule has 0 spiro atoms. The summed E-state index contributed by atoms with van der Waals surface area (Å²) < 4.78 is 28.0. The summed E-state index contributed by atoms with van der Waals surface area (Å²) in [7, 11) is 4.20. The van der Waals surface area contributed by atoms with Gasteiger partial charge in [0.25, 0.3) is 0 Å². The number of fused-ring (bicyclic) bond motifs is 1. The number of urea groups is 1. The molecule has 0 unspecified atom stereocenters. The van der Waals surface area contributed by atoms with Crippen LogP contribution in [0.3, 0.4) is 0 Å². The summed E-state index contributed by atoms with van der Waals surface area (Å²) in [6.45, 7) is 2.11. The molecule has 4 rings (SSSR count). The lowest BCUT2D eigenvalue weighted by Gasteiger charge is -2.36. The SMILES string of the molecule is CCN1C(=O)N(c2ccc(F)c(O)c2F)Cc2cnc(NC3CCC(N(C)C)CC3)nc21. The first-order valence-corrected chi connectivity index (χ1v) is 10.8. The zero-order valence-corrected chi connectivity index (χ0v) is 18.5. The van der Waals surface area contributed by atoms with Crippen LogP contribution in [0.1, 0.15) is 38.2 Å². The minimum absolute atomic E-state index is 0.0148. The first-order chi connectivity index (χ1) is 15.3. The highest BCUT2D eigenvalue weighted by Gasteiger charge is 2.34. The molecular weight excluding hydrogens is 418 g/mol. The molecule has 1 fully saturated rings. The average Bonchev–Trinajstić information content (AvgIpc) is 2.78. The Labute approximate surface area is 185 Å². The molecular formula is C22H28F2N6O2. The second-order valence-electron chi connectivity index (χ2n) is 8.50. The third-order valence-corrected chi connectivity index (χ3v) is 6.30. The van der Waals surface area contributed by atoms with E-state index in [2.05, 4.69) is 34.3 Å². The average molecular weight is 447 g/mol. The van der Waals surface area contributed by atoms with Crippen molar-refractivity contribution in [2.45, 2.75) is 51.2 Å². The molecule has 1 aliphatic heterocycles. The van der Waals surface area contributed by atoms with Gasteiger partial charge in [-0.15, -0.1) is 0 Å². The van der Waals surface area contributed by atoms with Crippen LogP contribution in [0.15, 0.2) is 18.3 Å². The van der Waals surface area contributed by atoms with E-state index in [1.165, 1.54) is 4.90 Å². The summed E-state index contributed by atoms with van der Waals surface area (Å²) in [5.41, 5.74) is 0.439. The number of phenolic OH excluding ortho intramolecular Hbond substituents is 1. The van der Waals surface area contributed by atoms with Gasteiger partial charge in [0.2, 0.25) is 5.95 Å². The van der Waals surface area contributed by atoms with Gasteiger partial charge in [0.1, 0.15) is 5.82 Å². The van der Waals surface area contributed by atoms with Crippen LogP contribution in [0.25, 0.3) is 0 Å². The summed E-state index contributed by atoms with van der Waals surface area (Å²) in [5, 5.41) is 13.0. The van der Waals surface area contributed by atoms with Crippen LogP contribution in [-0.4, -0.2) is 58.7 Å². The van der Waals surface area contributed by atoms with Crippen molar-refractivity contribution in [1.29, 1.82) is 0 Å². The maximum absolute atomic E-state index is 14.5. The van der Waals surface area contributed by atoms with E-state index in [4.69, 9.17) is 0 Å². The molecule has 0 radical (unpaired) electrons. The van der Waals surface area contributed by atoms with Gasteiger partial charge in [0.05, 0.1) is 12.2 Å². The van der Waals surface area contributed by atoms with Gasteiger partial charge in [-0.25, -0.2) is 18.6 Å². The van der Waals surface area contributed by atoms with Gasteiger partial charge in [-0.2, -0.15) is 4.98 Å². The Morgan fingerprint density at radius 2 is 1.94 bits per heavy atom. The number of phenols is 1. The first-order valence-electron chi connectivity index (χ1n) is 10.8. The summed E-state index contributed by atoms with van der Waals surface area (Å²) in [6, 6.07) is 2.43. The molecule has 2 amide bonds. The lowest BCUT2D eigenvalue weighted by Crippen LogP contribution is -2.48. The van der Waals surface area contributed by atoms with Crippen molar-refractivity contribution in [2.24, 2.45) is 0 Å². The molecule has 2 N–H and O–H groups in total. The number of aromatic nitrogens is 2. The molecule has 8 nitrogen and oxygen atoms in total. The highest BCUT2D eigenvalue weighted by Crippen LogP contribution is 2.35. The molecule has 2 aliphatic rings. The van der Waals surface area contributed by atoms with Gasteiger partial charge in [-0.1, -0.05) is 0 Å². The molecule has 0 bridgehead atoms. The number of benzene rings is 1. The monoisotopic (exact) mass is 446 g/mol. The lowest BCUT2D eigenvalue weighted by atomic mass is 9.91. The Balaban J connectivity index is 1.56. The molecule has 32 heavy (non-hydrogen) atoms. The Bertz CT molecular complexity index is 1010. The van der Waals surface area contributed by atoms with Gasteiger partial charge in [-0.05, 0) is 58.8 Å². The van der Waals surface area contributed by atoms with E-state index in [9.17, 15) is 18.7 Å². The molecule has 10 heteroatoms. The van der Waals surface area contributed by atoms with Crippen molar-refractivity contribution in [3.8, 4) is 5.75 Å². The van der Waals surface area contributed by atoms with Crippen LogP contribution in [0.4, 0.5) is 31.0 Å². The number of nitrogens with one attached hydrogen (secondary N) is 1. The summed E-state index contributed by atoms with van der Waals surface area (Å²) in [4.78, 5) is 26.9. The van der Waals surface area contributed by atoms with Gasteiger partial charge in [-0.3, -0.25) is 9.80 Å². The van der Waals surface area contributed by atoms with Crippen LogP contribution in [0, 0.1) is 11.6 Å². The van der Waals surface area contributed by atoms with E-state index in [0.29, 0.717) is 29.9 Å². The van der Waals surface area contributed by atoms with Crippen LogP contribution >= 0.6 is 0 Å². The topological polar surface area (TPSA) is 84.8 Å². The minimum atomic E-state index is -1.18. The van der Waals surface area contributed by atoms with E-state index in [0.717, 1.165) is 42.7 Å². The van der Waals surface area contributed by atoms with Crippen molar-refractivity contribution < 1.29 is 18.7 Å². The van der Waals surface area contributed by atoms with Gasteiger partial charge in [0.15, 0.2) is 17.4 Å². The fourth-order valence-corrected chi connectivity index (χ4v) is 4.42. The smallest absolute Gasteiger partial charge is 0.330 e. The number of halogens is 2. The molecule has 1 saturated carbocycles. The number of amides is 2. The normalized spacial score (nSPS) is 21.1. The number of nitrogens with zero attached hydrogens (tertiary/aromatic N) is 5. The van der Waals surface area contributed by atoms with Crippen molar-refractivity contribution in [3.63, 3.8) is 0 Å². The van der Waals surface area contributed by atoms with Crippen LogP contribution in [0.2, 0.25) is 0 Å². The summed E-state index contributed by atoms with van der Waals surface area (Å²) in [6.07, 6.45) is 5.85. The molecule has 0 saturated heterocycles. The predicted molar refractivity (Wildman–Crippen MR) is 118 cm³/mol. The Hall–Kier alpha value is -3.01. The largest absolute Gasteiger partial charge is 0.503 e. The lowest BCUT2D eigenvalue weighted by molar-refractivity contribution is 0.221. The van der Waals surface area contributed by atoms with Gasteiger partial charge < -0.3 is 15.3 Å². The molecule has 2 heterocycles. The van der Waals surface area contributed by atoms with Gasteiger partial charge >= 0.3 is 6.03 Å². The number of aromatic hydroxyl groups is 1. The van der Waals surface area contributed by atoms with E-state index < -0.39 is 23.4 Å². The quantitative estimate of drug-likeness (QED) is 0.729. The van der Waals surface area contributed by atoms with E-state index in [1.54, 1.807) is 13.1 Å². The number of rotatable bonds is 5. The van der Waals surface area contributed by atoms with Crippen LogP contribution < -0.4 is 15.1 Å². The Morgan fingerprint density at radius 3 is 2.59 bits per heavy atom. The fourth-order valence-electron chi connectivity index (χ4n) is 4.42. The van der Waals surface area contributed by atoms with Crippen molar-refractivity contribution in [3.05, 3.63) is 35.5 Å². The fraction of sp³-hybridized carbons (Fsp3) is 0.500. The maximum atomic E-state index is 14.5. The second-order valence-corrected chi connectivity index (χ2v) is 8.50. The number of anilines is 3. The van der Waals surface area contributed by atoms with Crippen molar-refractivity contribution in [2.75, 3.05) is 35.8 Å². The molecule has 1 aromatic heterocycles. The number of hydrogen-bond acceptors (Lipinski definition) is 6. The second kappa shape index (κ2) is 8.85. The van der Waals surface area contributed by atoms with Gasteiger partial charge in [0, 0.05) is 30.4 Å². The van der Waals surface area contributed by atoms with E-state index in [-0.39, 0.29) is 18.3 Å². The summed E-state index contributed by atoms with van der Waals surface area (Å²) >= 11 is 0. The van der Waals surface area contributed by atoms with Crippen LogP contribution in [0.5, 0.6) is 5.75 Å². The third-order valence-electron chi connectivity index (χ3n) is 6.30. The predicted octanol–water partition coefficient (Wildman–Crippen LogP) is 3.71. The van der Waals surface area contributed by atoms with Crippen LogP contribution in [-0.2, 0) is 6.54 Å². The molecule has 2 aromatic rings. The minimum Gasteiger partial charge on any atom is -0.503 e. The Kier molecular flexibility index (Phi) is 6.14. The highest BCUT2D eigenvalue weighted by atomic mass is 19.1. The summed E-state index contributed by atoms with van der Waals surface area (Å²) in [5.74, 6) is -2.43. The van der Waals surface area contributed by atoms with E-state index >= 15 is 0 Å². The molecule has 0 atom stereocenters. The number of carbonyl (C=O) groups excluding carboxylic acids is 1. The maximum Gasteiger partial charge on any atom is 0.330 e. The van der Waals surface area contributed by atoms with E-state index in [1.807, 2.05) is 0 Å².